The van der Waals surface area contributed by atoms with Crippen molar-refractivity contribution in [2.45, 2.75) is 0 Å². The molecule has 0 saturated heterocycles. The van der Waals surface area contributed by atoms with E-state index >= 15 is 0 Å². The van der Waals surface area contributed by atoms with Crippen LogP contribution in [-0.4, -0.2) is 15.8 Å². The van der Waals surface area contributed by atoms with Gasteiger partial charge in [0.2, 0.25) is 0 Å². The van der Waals surface area contributed by atoms with Crippen molar-refractivity contribution in [3.05, 3.63) is 436 Å². The molecule has 22 rings (SSSR count). The quantitative estimate of drug-likeness (QED) is 0.0854. The fraction of sp³-hybridized carbons (Fsp3) is 0. The van der Waals surface area contributed by atoms with Gasteiger partial charge in [0.25, 0.3) is 6.71 Å². The molecule has 4 heterocycles. The van der Waals surface area contributed by atoms with E-state index in [9.17, 15) is 5.26 Å². The summed E-state index contributed by atoms with van der Waals surface area (Å²) in [6.07, 6.45) is 0. The zero-order valence-corrected chi connectivity index (χ0v) is 63.6. The monoisotopic (exact) mass is 1480 g/mol. The summed E-state index contributed by atoms with van der Waals surface area (Å²) >= 11 is 0. The van der Waals surface area contributed by atoms with E-state index in [1.807, 2.05) is 0 Å². The first kappa shape index (κ1) is 68.0. The van der Waals surface area contributed by atoms with Crippen LogP contribution in [0.3, 0.4) is 0 Å². The van der Waals surface area contributed by atoms with Gasteiger partial charge in [-0.15, -0.1) is 0 Å². The van der Waals surface area contributed by atoms with Gasteiger partial charge in [0.1, 0.15) is 0 Å². The van der Waals surface area contributed by atoms with Crippen LogP contribution in [0.2, 0.25) is 0 Å². The molecule has 0 unspecified atom stereocenters. The number of hydrogen-bond acceptors (Lipinski definition) is 3. The maximum absolute atomic E-state index is 11.4. The Morgan fingerprint density at radius 3 is 0.803 bits per heavy atom. The molecule has 20 aromatic rings. The number of benzene rings is 18. The molecule has 18 aromatic carbocycles. The lowest BCUT2D eigenvalue weighted by atomic mass is 9.33. The highest BCUT2D eigenvalue weighted by molar-refractivity contribution is 7.00. The van der Waals surface area contributed by atoms with Crippen LogP contribution in [0.5, 0.6) is 0 Å². The molecule has 2 aliphatic rings. The normalized spacial score (nSPS) is 12.0. The molecule has 7 heteroatoms. The SMILES string of the molecule is [C-]#[N+]c1cc(-c2ccccc2)c(N2c3cc(-n4c5ccc(-c6ccccc6)cc5c5cc(-c6ccccc6)ccc54)ccc3B3c4ccc(-n5c6ccc(-c7ccccc7)cc6c6cc(-c7ccccc7)ccc65)cc4N(c4c(-c5ccccc5)cc(C#N)cc4-c4ccccc4)c4cc(-c5ccccc5)cc2c43)c(-c2ccccc2)c1. The van der Waals surface area contributed by atoms with Crippen LogP contribution in [0.15, 0.2) is 419 Å². The van der Waals surface area contributed by atoms with Gasteiger partial charge in [0.05, 0.1) is 51.6 Å². The highest BCUT2D eigenvalue weighted by Gasteiger charge is 2.46. The number of fused-ring (bicyclic) bond motifs is 10. The number of rotatable bonds is 13. The number of hydrogen-bond donors (Lipinski definition) is 0. The van der Waals surface area contributed by atoms with Crippen LogP contribution in [0, 0.1) is 17.9 Å². The van der Waals surface area contributed by atoms with Gasteiger partial charge in [-0.25, -0.2) is 4.85 Å². The van der Waals surface area contributed by atoms with E-state index < -0.39 is 6.71 Å². The van der Waals surface area contributed by atoms with Crippen molar-refractivity contribution in [1.82, 2.24) is 9.13 Å². The summed E-state index contributed by atoms with van der Waals surface area (Å²) in [7, 11) is 0. The smallest absolute Gasteiger partial charge is 0.252 e. The summed E-state index contributed by atoms with van der Waals surface area (Å²) < 4.78 is 4.96. The molecule has 0 atom stereocenters. The summed E-state index contributed by atoms with van der Waals surface area (Å²) in [6, 6.07) is 155. The van der Waals surface area contributed by atoms with Gasteiger partial charge in [-0.3, -0.25) is 0 Å². The highest BCUT2D eigenvalue weighted by Crippen LogP contribution is 2.56. The van der Waals surface area contributed by atoms with Gasteiger partial charge in [-0.2, -0.15) is 5.26 Å². The third kappa shape index (κ3) is 11.5. The molecule has 0 amide bonds. The lowest BCUT2D eigenvalue weighted by Gasteiger charge is -2.46. The maximum atomic E-state index is 11.4. The maximum Gasteiger partial charge on any atom is 0.252 e. The molecule has 0 N–H and O–H groups in total. The van der Waals surface area contributed by atoms with Crippen molar-refractivity contribution >= 4 is 107 Å². The van der Waals surface area contributed by atoms with Gasteiger partial charge < -0.3 is 18.9 Å². The van der Waals surface area contributed by atoms with Crippen molar-refractivity contribution < 1.29 is 0 Å². The summed E-state index contributed by atoms with van der Waals surface area (Å²) in [6.45, 7) is 8.55. The minimum Gasteiger partial charge on any atom is -0.310 e. The van der Waals surface area contributed by atoms with Crippen LogP contribution in [0.1, 0.15) is 5.56 Å². The number of anilines is 6. The Morgan fingerprint density at radius 1 is 0.248 bits per heavy atom. The topological polar surface area (TPSA) is 44.5 Å². The molecule has 0 bridgehead atoms. The van der Waals surface area contributed by atoms with E-state index in [0.717, 1.165) is 206 Å². The number of nitrogens with zero attached hydrogens (tertiary/aromatic N) is 6. The Hall–Kier alpha value is -15.8. The molecular weight excluding hydrogens is 1420 g/mol. The first-order valence-electron chi connectivity index (χ1n) is 39.8. The van der Waals surface area contributed by atoms with Crippen molar-refractivity contribution in [1.29, 1.82) is 5.26 Å². The van der Waals surface area contributed by atoms with E-state index in [2.05, 4.69) is 448 Å². The zero-order valence-electron chi connectivity index (χ0n) is 63.6. The van der Waals surface area contributed by atoms with Crippen LogP contribution in [-0.2, 0) is 0 Å². The third-order valence-electron chi connectivity index (χ3n) is 23.9. The van der Waals surface area contributed by atoms with Crippen molar-refractivity contribution in [2.75, 3.05) is 9.80 Å². The highest BCUT2D eigenvalue weighted by atomic mass is 15.2. The fourth-order valence-electron chi connectivity index (χ4n) is 18.6. The van der Waals surface area contributed by atoms with E-state index in [1.54, 1.807) is 0 Å². The van der Waals surface area contributed by atoms with Crippen molar-refractivity contribution in [3.63, 3.8) is 0 Å². The van der Waals surface area contributed by atoms with E-state index in [4.69, 9.17) is 6.57 Å². The lowest BCUT2D eigenvalue weighted by Crippen LogP contribution is -2.61. The molecule has 2 aliphatic heterocycles. The Morgan fingerprint density at radius 2 is 0.521 bits per heavy atom. The Kier molecular flexibility index (Phi) is 16.4. The standard InChI is InChI=1S/C110H69BN6/c1-113-87-67-92(80-43-25-9-26-44-80)110(93(68-87)81-45-27-10-28-46-81)117-105-70-89(115-102-57-49-84(75-33-15-4-16-34-75)63-96(102)97-64-85(50-58-103(97)115)76-35-17-5-18-36-76)52-54-99(105)111-98-53-51-88(114-100-55-47-82(73-29-11-2-12-30-73)61-94(100)95-62-83(48-56-101(95)114)74-31-13-3-14-32-74)69-104(98)116(106-65-86(66-107(117)108(106)111)77-37-19-6-20-38-77)109-90(78-39-21-7-22-40-78)59-72(71-112)60-91(109)79-41-23-8-24-42-79/h2-70H. The predicted octanol–water partition coefficient (Wildman–Crippen LogP) is 27.4. The van der Waals surface area contributed by atoms with Gasteiger partial charge in [-0.05, 0) is 215 Å². The molecule has 0 radical (unpaired) electrons. The van der Waals surface area contributed by atoms with Gasteiger partial charge in [0.15, 0.2) is 5.69 Å². The zero-order chi connectivity index (χ0) is 77.6. The summed E-state index contributed by atoms with van der Waals surface area (Å²) in [5, 5.41) is 16.0. The average Bonchev–Trinajstić information content (AvgIpc) is 1.02. The second-order valence-electron chi connectivity index (χ2n) is 30.4. The summed E-state index contributed by atoms with van der Waals surface area (Å²) in [5.74, 6) is 0. The minimum absolute atomic E-state index is 0.401. The molecule has 6 nitrogen and oxygen atoms in total. The molecule has 0 aliphatic carbocycles. The predicted molar refractivity (Wildman–Crippen MR) is 489 cm³/mol. The molecule has 2 aromatic heterocycles. The van der Waals surface area contributed by atoms with Gasteiger partial charge in [-0.1, -0.05) is 309 Å². The lowest BCUT2D eigenvalue weighted by molar-refractivity contribution is 1.17. The minimum atomic E-state index is -0.401. The van der Waals surface area contributed by atoms with E-state index in [0.29, 0.717) is 11.3 Å². The van der Waals surface area contributed by atoms with E-state index in [1.165, 1.54) is 0 Å². The number of nitriles is 1. The van der Waals surface area contributed by atoms with Crippen LogP contribution < -0.4 is 26.2 Å². The summed E-state index contributed by atoms with van der Waals surface area (Å²) in [5.41, 5.74) is 35.2. The Bertz CT molecular complexity index is 6680. The fourth-order valence-corrected chi connectivity index (χ4v) is 18.6. The second-order valence-corrected chi connectivity index (χ2v) is 30.4. The molecule has 0 fully saturated rings. The second kappa shape index (κ2) is 28.1. The molecule has 117 heavy (non-hydrogen) atoms. The average molecular weight is 1490 g/mol. The molecular formula is C110H69BN6. The van der Waals surface area contributed by atoms with Crippen LogP contribution in [0.25, 0.3) is 160 Å². The number of aromatic nitrogens is 2. The van der Waals surface area contributed by atoms with Gasteiger partial charge >= 0.3 is 0 Å². The van der Waals surface area contributed by atoms with Crippen LogP contribution in [0.4, 0.5) is 39.8 Å². The molecule has 0 saturated carbocycles. The first-order chi connectivity index (χ1) is 57.9. The summed E-state index contributed by atoms with van der Waals surface area (Å²) in [4.78, 5) is 9.46. The van der Waals surface area contributed by atoms with Gasteiger partial charge in [0, 0.05) is 66.8 Å². The molecule has 0 spiro atoms. The van der Waals surface area contributed by atoms with Crippen molar-refractivity contribution in [2.24, 2.45) is 0 Å². The first-order valence-corrected chi connectivity index (χ1v) is 39.8. The largest absolute Gasteiger partial charge is 0.310 e. The third-order valence-corrected chi connectivity index (χ3v) is 23.9. The Balaban J connectivity index is 0.892. The Labute approximate surface area is 679 Å². The molecule has 542 valence electrons. The van der Waals surface area contributed by atoms with E-state index in [-0.39, 0.29) is 0 Å². The van der Waals surface area contributed by atoms with Crippen LogP contribution >= 0.6 is 0 Å². The van der Waals surface area contributed by atoms with Crippen molar-refractivity contribution in [3.8, 4) is 118 Å².